The molecule has 0 radical (unpaired) electrons. The van der Waals surface area contributed by atoms with Crippen molar-refractivity contribution < 1.29 is 0 Å². The second-order valence-corrected chi connectivity index (χ2v) is 9.51. The van der Waals surface area contributed by atoms with E-state index in [0.29, 0.717) is 5.41 Å². The van der Waals surface area contributed by atoms with Gasteiger partial charge in [-0.3, -0.25) is 10.1 Å². The van der Waals surface area contributed by atoms with E-state index in [9.17, 15) is 0 Å². The number of aromatic nitrogens is 5. The Morgan fingerprint density at radius 1 is 1.13 bits per heavy atom. The van der Waals surface area contributed by atoms with E-state index in [1.807, 2.05) is 31.6 Å². The number of pyridine rings is 1. The maximum Gasteiger partial charge on any atom is 0.165 e. The smallest absolute Gasteiger partial charge is 0.165 e. The summed E-state index contributed by atoms with van der Waals surface area (Å²) in [5, 5.41) is 8.26. The van der Waals surface area contributed by atoms with E-state index in [0.717, 1.165) is 52.8 Å². The predicted molar refractivity (Wildman–Crippen MR) is 119 cm³/mol. The van der Waals surface area contributed by atoms with Gasteiger partial charge in [0, 0.05) is 44.0 Å². The summed E-state index contributed by atoms with van der Waals surface area (Å²) in [6.45, 7) is 12.5. The normalized spacial score (nSPS) is 19.4. The van der Waals surface area contributed by atoms with Crippen LogP contribution in [0, 0.1) is 18.3 Å². The van der Waals surface area contributed by atoms with E-state index in [1.54, 1.807) is 0 Å². The Bertz CT molecular complexity index is 1030. The molecule has 30 heavy (non-hydrogen) atoms. The first kappa shape index (κ1) is 19.4. The number of H-pyrrole nitrogens is 1. The lowest BCUT2D eigenvalue weighted by Gasteiger charge is -2.40. The lowest BCUT2D eigenvalue weighted by atomic mass is 9.77. The number of aromatic amines is 1. The minimum absolute atomic E-state index is 0.486. The molecular formula is C23H31N7. The third-order valence-corrected chi connectivity index (χ3v) is 6.82. The Morgan fingerprint density at radius 2 is 1.93 bits per heavy atom. The summed E-state index contributed by atoms with van der Waals surface area (Å²) in [5.74, 6) is 2.50. The van der Waals surface area contributed by atoms with E-state index in [4.69, 9.17) is 9.97 Å². The maximum absolute atomic E-state index is 5.01. The lowest BCUT2D eigenvalue weighted by molar-refractivity contribution is 0.200. The van der Waals surface area contributed by atoms with Gasteiger partial charge in [0.05, 0.1) is 23.0 Å². The largest absolute Gasteiger partial charge is 0.356 e. The van der Waals surface area contributed by atoms with Crippen LogP contribution in [0.3, 0.4) is 0 Å². The van der Waals surface area contributed by atoms with Crippen LogP contribution in [0.25, 0.3) is 22.3 Å². The van der Waals surface area contributed by atoms with Crippen molar-refractivity contribution in [3.05, 3.63) is 30.4 Å². The average Bonchev–Trinajstić information content (AvgIpc) is 3.34. The number of fused-ring (bicyclic) bond motifs is 1. The van der Waals surface area contributed by atoms with Crippen LogP contribution in [0.4, 0.5) is 5.82 Å². The molecule has 2 saturated heterocycles. The summed E-state index contributed by atoms with van der Waals surface area (Å²) >= 11 is 0. The molecule has 1 N–H and O–H groups in total. The minimum Gasteiger partial charge on any atom is -0.356 e. The van der Waals surface area contributed by atoms with E-state index in [1.165, 1.54) is 38.9 Å². The number of anilines is 1. The van der Waals surface area contributed by atoms with Crippen LogP contribution < -0.4 is 4.90 Å². The first-order valence-electron chi connectivity index (χ1n) is 11.1. The highest BCUT2D eigenvalue weighted by Gasteiger charge is 2.41. The molecule has 0 unspecified atom stereocenters. The summed E-state index contributed by atoms with van der Waals surface area (Å²) in [7, 11) is 0. The molecule has 0 aromatic carbocycles. The summed E-state index contributed by atoms with van der Waals surface area (Å²) < 4.78 is 0. The van der Waals surface area contributed by atoms with Gasteiger partial charge >= 0.3 is 0 Å². The number of hydrogen-bond acceptors (Lipinski definition) is 6. The second-order valence-electron chi connectivity index (χ2n) is 9.51. The Balaban J connectivity index is 1.41. The van der Waals surface area contributed by atoms with Gasteiger partial charge in [-0.1, -0.05) is 13.8 Å². The van der Waals surface area contributed by atoms with E-state index < -0.39 is 0 Å². The average molecular weight is 406 g/mol. The topological polar surface area (TPSA) is 73.8 Å². The summed E-state index contributed by atoms with van der Waals surface area (Å²) in [6.07, 6.45) is 9.36. The molecule has 7 heteroatoms. The van der Waals surface area contributed by atoms with Gasteiger partial charge in [0.15, 0.2) is 5.82 Å². The molecule has 3 aromatic rings. The highest BCUT2D eigenvalue weighted by atomic mass is 15.2. The molecule has 1 spiro atoms. The van der Waals surface area contributed by atoms with Crippen molar-refractivity contribution in [3.63, 3.8) is 0 Å². The Morgan fingerprint density at radius 3 is 2.67 bits per heavy atom. The van der Waals surface area contributed by atoms with Crippen LogP contribution >= 0.6 is 0 Å². The zero-order valence-electron chi connectivity index (χ0n) is 18.2. The molecule has 0 saturated carbocycles. The summed E-state index contributed by atoms with van der Waals surface area (Å²) in [4.78, 5) is 19.2. The summed E-state index contributed by atoms with van der Waals surface area (Å²) in [5.41, 5.74) is 3.25. The van der Waals surface area contributed by atoms with Crippen molar-refractivity contribution in [1.82, 2.24) is 30.0 Å². The molecule has 5 rings (SSSR count). The molecule has 7 nitrogen and oxygen atoms in total. The number of nitrogens with one attached hydrogen (secondary N) is 1. The van der Waals surface area contributed by atoms with Crippen LogP contribution in [-0.2, 0) is 0 Å². The van der Waals surface area contributed by atoms with E-state index >= 15 is 0 Å². The molecule has 2 aliphatic rings. The van der Waals surface area contributed by atoms with E-state index in [-0.39, 0.29) is 0 Å². The molecule has 158 valence electrons. The lowest BCUT2D eigenvalue weighted by Crippen LogP contribution is -2.42. The van der Waals surface area contributed by atoms with Crippen LogP contribution in [0.1, 0.15) is 38.8 Å². The number of likely N-dealkylation sites (tertiary alicyclic amines) is 1. The van der Waals surface area contributed by atoms with Crippen molar-refractivity contribution in [2.75, 3.05) is 37.6 Å². The number of rotatable bonds is 4. The van der Waals surface area contributed by atoms with Crippen molar-refractivity contribution in [1.29, 1.82) is 0 Å². The second kappa shape index (κ2) is 7.61. The van der Waals surface area contributed by atoms with Crippen molar-refractivity contribution >= 4 is 16.7 Å². The van der Waals surface area contributed by atoms with Gasteiger partial charge in [-0.25, -0.2) is 9.97 Å². The summed E-state index contributed by atoms with van der Waals surface area (Å²) in [6, 6.07) is 2.04. The molecule has 3 aromatic heterocycles. The fourth-order valence-corrected chi connectivity index (χ4v) is 5.21. The number of piperidine rings is 1. The van der Waals surface area contributed by atoms with Crippen LogP contribution in [0.5, 0.6) is 0 Å². The van der Waals surface area contributed by atoms with Crippen molar-refractivity contribution in [2.24, 2.45) is 11.3 Å². The van der Waals surface area contributed by atoms with E-state index in [2.05, 4.69) is 38.8 Å². The zero-order chi connectivity index (χ0) is 20.7. The maximum atomic E-state index is 5.01. The molecule has 5 heterocycles. The molecule has 2 aliphatic heterocycles. The zero-order valence-corrected chi connectivity index (χ0v) is 18.2. The highest BCUT2D eigenvalue weighted by Crippen LogP contribution is 2.42. The number of hydrogen-bond donors (Lipinski definition) is 1. The molecular weight excluding hydrogens is 374 g/mol. The van der Waals surface area contributed by atoms with Crippen molar-refractivity contribution in [2.45, 2.75) is 40.0 Å². The number of nitrogens with zero attached hydrogens (tertiary/aromatic N) is 6. The van der Waals surface area contributed by atoms with Crippen LogP contribution in [0.2, 0.25) is 0 Å². The van der Waals surface area contributed by atoms with Gasteiger partial charge in [-0.2, -0.15) is 5.10 Å². The minimum atomic E-state index is 0.486. The van der Waals surface area contributed by atoms with Crippen LogP contribution in [-0.4, -0.2) is 62.8 Å². The Hall–Kier alpha value is -2.54. The Kier molecular flexibility index (Phi) is 4.93. The first-order valence-corrected chi connectivity index (χ1v) is 11.1. The standard InChI is InChI=1S/C23H31N7/c1-16(2)14-29-9-5-23(15-29)6-10-30(11-7-23)22-18-4-8-24-13-20(18)26-21(27-22)19-12-25-28-17(19)3/h4,8,12-13,16H,5-7,9-11,14-15H2,1-3H3,(H,25,28). The van der Waals surface area contributed by atoms with Gasteiger partial charge in [0.2, 0.25) is 0 Å². The van der Waals surface area contributed by atoms with Gasteiger partial charge < -0.3 is 9.80 Å². The fraction of sp³-hybridized carbons (Fsp3) is 0.565. The molecule has 0 amide bonds. The first-order chi connectivity index (χ1) is 14.5. The van der Waals surface area contributed by atoms with Gasteiger partial charge in [-0.05, 0) is 50.1 Å². The molecule has 0 atom stereocenters. The van der Waals surface area contributed by atoms with Crippen molar-refractivity contribution in [3.8, 4) is 11.4 Å². The highest BCUT2D eigenvalue weighted by molar-refractivity contribution is 5.90. The molecule has 0 aliphatic carbocycles. The third-order valence-electron chi connectivity index (χ3n) is 6.82. The predicted octanol–water partition coefficient (Wildman–Crippen LogP) is 3.67. The van der Waals surface area contributed by atoms with Gasteiger partial charge in [-0.15, -0.1) is 0 Å². The van der Waals surface area contributed by atoms with Gasteiger partial charge in [0.1, 0.15) is 5.82 Å². The third kappa shape index (κ3) is 3.55. The van der Waals surface area contributed by atoms with Crippen LogP contribution in [0.15, 0.2) is 24.7 Å². The van der Waals surface area contributed by atoms with Gasteiger partial charge in [0.25, 0.3) is 0 Å². The quantitative estimate of drug-likeness (QED) is 0.714. The number of aryl methyl sites for hydroxylation is 1. The molecule has 2 fully saturated rings. The molecule has 0 bridgehead atoms. The Labute approximate surface area is 177 Å². The SMILES string of the molecule is Cc1n[nH]cc1-c1nc(N2CCC3(CCN(CC(C)C)C3)CC2)c2ccncc2n1. The monoisotopic (exact) mass is 405 g/mol. The fourth-order valence-electron chi connectivity index (χ4n) is 5.21.